The number of nitrogens with zero attached hydrogens (tertiary/aromatic N) is 1. The molecule has 0 bridgehead atoms. The van der Waals surface area contributed by atoms with Gasteiger partial charge in [-0.25, -0.2) is 0 Å². The normalized spacial score (nSPS) is 21.9. The molecule has 0 N–H and O–H groups in total. The minimum atomic E-state index is 0.517. The van der Waals surface area contributed by atoms with Gasteiger partial charge in [0, 0.05) is 17.1 Å². The number of hydrogen-bond acceptors (Lipinski definition) is 2. The predicted molar refractivity (Wildman–Crippen MR) is 61.7 cm³/mol. The third-order valence-electron chi connectivity index (χ3n) is 2.99. The molecule has 3 heteroatoms. The summed E-state index contributed by atoms with van der Waals surface area (Å²) in [4.78, 5) is 12.9. The summed E-state index contributed by atoms with van der Waals surface area (Å²) >= 11 is 6.16. The van der Waals surface area contributed by atoms with E-state index in [1.54, 1.807) is 6.07 Å². The number of benzene rings is 1. The molecule has 1 aromatic rings. The summed E-state index contributed by atoms with van der Waals surface area (Å²) in [6.07, 6.45) is 1.98. The van der Waals surface area contributed by atoms with Gasteiger partial charge in [0.15, 0.2) is 0 Å². The lowest BCUT2D eigenvalue weighted by Crippen LogP contribution is -2.13. The van der Waals surface area contributed by atoms with Crippen LogP contribution in [0.1, 0.15) is 28.3 Å². The number of hydrogen-bond donors (Lipinski definition) is 0. The molecule has 1 aliphatic heterocycles. The summed E-state index contributed by atoms with van der Waals surface area (Å²) in [5.41, 5.74) is 1.82. The first-order chi connectivity index (χ1) is 7.20. The molecule has 0 radical (unpaired) electrons. The molecule has 2 nitrogen and oxygen atoms in total. The van der Waals surface area contributed by atoms with Gasteiger partial charge in [-0.15, -0.1) is 0 Å². The second kappa shape index (κ2) is 4.33. The second-order valence-electron chi connectivity index (χ2n) is 4.15. The molecule has 1 aliphatic rings. The molecule has 80 valence electrons. The fourth-order valence-corrected chi connectivity index (χ4v) is 2.48. The molecule has 0 spiro atoms. The molecule has 1 saturated heterocycles. The molecule has 0 aromatic heterocycles. The van der Waals surface area contributed by atoms with E-state index in [-0.39, 0.29) is 0 Å². The number of halogens is 1. The van der Waals surface area contributed by atoms with Crippen LogP contribution in [-0.2, 0) is 0 Å². The number of carbonyl (C=O) groups is 1. The number of carbonyl (C=O) groups excluding carboxylic acids is 1. The monoisotopic (exact) mass is 223 g/mol. The maximum absolute atomic E-state index is 10.6. The van der Waals surface area contributed by atoms with Gasteiger partial charge in [0.25, 0.3) is 0 Å². The van der Waals surface area contributed by atoms with Crippen LogP contribution in [0.3, 0.4) is 0 Å². The van der Waals surface area contributed by atoms with Gasteiger partial charge in [0.2, 0.25) is 0 Å². The van der Waals surface area contributed by atoms with Crippen molar-refractivity contribution >= 4 is 17.9 Å². The quantitative estimate of drug-likeness (QED) is 0.719. The van der Waals surface area contributed by atoms with Crippen molar-refractivity contribution in [2.45, 2.75) is 12.3 Å². The van der Waals surface area contributed by atoms with E-state index in [4.69, 9.17) is 11.6 Å². The van der Waals surface area contributed by atoms with Crippen molar-refractivity contribution in [3.8, 4) is 0 Å². The third kappa shape index (κ3) is 2.21. The number of rotatable bonds is 2. The van der Waals surface area contributed by atoms with Crippen molar-refractivity contribution in [1.82, 2.24) is 4.90 Å². The van der Waals surface area contributed by atoms with Crippen LogP contribution >= 0.6 is 11.6 Å². The van der Waals surface area contributed by atoms with Crippen molar-refractivity contribution in [3.63, 3.8) is 0 Å². The van der Waals surface area contributed by atoms with Crippen LogP contribution in [0.25, 0.3) is 0 Å². The summed E-state index contributed by atoms with van der Waals surface area (Å²) < 4.78 is 0. The van der Waals surface area contributed by atoms with Crippen molar-refractivity contribution in [2.75, 3.05) is 20.1 Å². The second-order valence-corrected chi connectivity index (χ2v) is 4.55. The van der Waals surface area contributed by atoms with Gasteiger partial charge >= 0.3 is 0 Å². The lowest BCUT2D eigenvalue weighted by molar-refractivity contribution is 0.112. The molecule has 1 heterocycles. The third-order valence-corrected chi connectivity index (χ3v) is 3.32. The first-order valence-corrected chi connectivity index (χ1v) is 5.51. The van der Waals surface area contributed by atoms with E-state index >= 15 is 0 Å². The molecular weight excluding hydrogens is 210 g/mol. The number of likely N-dealkylation sites (N-methyl/N-ethyl adjacent to an activating group) is 1. The van der Waals surface area contributed by atoms with E-state index in [0.717, 1.165) is 30.8 Å². The van der Waals surface area contributed by atoms with Gasteiger partial charge in [-0.3, -0.25) is 4.79 Å². The lowest BCUT2D eigenvalue weighted by Gasteiger charge is -2.12. The van der Waals surface area contributed by atoms with E-state index in [2.05, 4.69) is 11.9 Å². The minimum absolute atomic E-state index is 0.517. The Kier molecular flexibility index (Phi) is 3.08. The summed E-state index contributed by atoms with van der Waals surface area (Å²) in [6, 6.07) is 5.57. The van der Waals surface area contributed by atoms with Gasteiger partial charge < -0.3 is 4.90 Å². The lowest BCUT2D eigenvalue weighted by atomic mass is 9.97. The van der Waals surface area contributed by atoms with Crippen LogP contribution < -0.4 is 0 Å². The Balaban J connectivity index is 2.25. The summed E-state index contributed by atoms with van der Waals surface area (Å²) in [5, 5.41) is 0.722. The van der Waals surface area contributed by atoms with Crippen LogP contribution in [0.15, 0.2) is 18.2 Å². The zero-order chi connectivity index (χ0) is 10.8. The van der Waals surface area contributed by atoms with Crippen molar-refractivity contribution in [2.24, 2.45) is 0 Å². The van der Waals surface area contributed by atoms with E-state index in [9.17, 15) is 4.79 Å². The molecule has 0 amide bonds. The molecule has 0 saturated carbocycles. The Hall–Kier alpha value is -0.860. The zero-order valence-corrected chi connectivity index (χ0v) is 9.50. The largest absolute Gasteiger partial charge is 0.306 e. The van der Waals surface area contributed by atoms with Crippen LogP contribution in [-0.4, -0.2) is 31.3 Å². The van der Waals surface area contributed by atoms with E-state index in [0.29, 0.717) is 11.5 Å². The Bertz CT molecular complexity index is 378. The Morgan fingerprint density at radius 3 is 2.87 bits per heavy atom. The average molecular weight is 224 g/mol. The van der Waals surface area contributed by atoms with Gasteiger partial charge in [0.05, 0.1) is 0 Å². The van der Waals surface area contributed by atoms with E-state index in [1.165, 1.54) is 5.56 Å². The maximum Gasteiger partial charge on any atom is 0.150 e. The highest BCUT2D eigenvalue weighted by Gasteiger charge is 2.22. The number of aldehydes is 1. The van der Waals surface area contributed by atoms with Gasteiger partial charge in [0.1, 0.15) is 6.29 Å². The van der Waals surface area contributed by atoms with Crippen molar-refractivity contribution in [3.05, 3.63) is 34.3 Å². The highest BCUT2D eigenvalue weighted by Crippen LogP contribution is 2.31. The fourth-order valence-electron chi connectivity index (χ4n) is 2.14. The Morgan fingerprint density at radius 2 is 2.33 bits per heavy atom. The number of likely N-dealkylation sites (tertiary alicyclic amines) is 1. The molecule has 15 heavy (non-hydrogen) atoms. The Morgan fingerprint density at radius 1 is 1.53 bits per heavy atom. The SMILES string of the molecule is CN1CCC(c2ccc(C=O)cc2Cl)C1. The molecule has 1 fully saturated rings. The smallest absolute Gasteiger partial charge is 0.150 e. The summed E-state index contributed by atoms with van der Waals surface area (Å²) in [6.45, 7) is 2.18. The highest BCUT2D eigenvalue weighted by atomic mass is 35.5. The van der Waals surface area contributed by atoms with Gasteiger partial charge in [-0.05, 0) is 37.6 Å². The highest BCUT2D eigenvalue weighted by molar-refractivity contribution is 6.31. The molecule has 1 atom stereocenters. The summed E-state index contributed by atoms with van der Waals surface area (Å²) in [5.74, 6) is 0.517. The van der Waals surface area contributed by atoms with Crippen LogP contribution in [0.2, 0.25) is 5.02 Å². The standard InChI is InChI=1S/C12H14ClNO/c1-14-5-4-10(7-14)11-3-2-9(8-15)6-12(11)13/h2-3,6,8,10H,4-5,7H2,1H3. The van der Waals surface area contributed by atoms with Gasteiger partial charge in [-0.1, -0.05) is 23.7 Å². The zero-order valence-electron chi connectivity index (χ0n) is 8.74. The van der Waals surface area contributed by atoms with Crippen LogP contribution in [0, 0.1) is 0 Å². The molecular formula is C12H14ClNO. The topological polar surface area (TPSA) is 20.3 Å². The average Bonchev–Trinajstić information content (AvgIpc) is 2.64. The predicted octanol–water partition coefficient (Wildman–Crippen LogP) is 2.57. The summed E-state index contributed by atoms with van der Waals surface area (Å²) in [7, 11) is 2.12. The fraction of sp³-hybridized carbons (Fsp3) is 0.417. The van der Waals surface area contributed by atoms with Crippen molar-refractivity contribution < 1.29 is 4.79 Å². The van der Waals surface area contributed by atoms with Crippen molar-refractivity contribution in [1.29, 1.82) is 0 Å². The maximum atomic E-state index is 10.6. The minimum Gasteiger partial charge on any atom is -0.306 e. The molecule has 1 aromatic carbocycles. The first kappa shape index (κ1) is 10.7. The van der Waals surface area contributed by atoms with Gasteiger partial charge in [-0.2, -0.15) is 0 Å². The van der Waals surface area contributed by atoms with Crippen LogP contribution in [0.4, 0.5) is 0 Å². The Labute approximate surface area is 94.8 Å². The van der Waals surface area contributed by atoms with E-state index < -0.39 is 0 Å². The molecule has 0 aliphatic carbocycles. The van der Waals surface area contributed by atoms with Crippen LogP contribution in [0.5, 0.6) is 0 Å². The van der Waals surface area contributed by atoms with E-state index in [1.807, 2.05) is 12.1 Å². The molecule has 2 rings (SSSR count). The first-order valence-electron chi connectivity index (χ1n) is 5.14. The molecule has 1 unspecified atom stereocenters.